The first-order valence-electron chi connectivity index (χ1n) is 5.67. The number of pyridine rings is 1. The van der Waals surface area contributed by atoms with Crippen molar-refractivity contribution in [3.8, 4) is 0 Å². The molecule has 2 aromatic carbocycles. The summed E-state index contributed by atoms with van der Waals surface area (Å²) in [4.78, 5) is 4.15. The van der Waals surface area contributed by atoms with E-state index < -0.39 is 0 Å². The number of nitrogens with zero attached hydrogens (tertiary/aromatic N) is 1. The fourth-order valence-corrected chi connectivity index (χ4v) is 2.59. The standard InChI is InChI=1S/C15H8ClNO/c16-13-3-1-2-9-6-11-12-8-17-5-4-14(12)18-15(11)7-10(9)13/h1-8H. The van der Waals surface area contributed by atoms with E-state index in [1.54, 1.807) is 6.20 Å². The SMILES string of the molecule is Clc1cccc2cc3c(cc12)oc1ccncc13. The topological polar surface area (TPSA) is 26.0 Å². The first-order chi connectivity index (χ1) is 8.83. The molecule has 0 saturated carbocycles. The monoisotopic (exact) mass is 253 g/mol. The van der Waals surface area contributed by atoms with Gasteiger partial charge in [0.2, 0.25) is 0 Å². The summed E-state index contributed by atoms with van der Waals surface area (Å²) in [5.41, 5.74) is 1.70. The molecule has 2 nitrogen and oxygen atoms in total. The molecule has 0 spiro atoms. The Morgan fingerprint density at radius 2 is 1.89 bits per heavy atom. The van der Waals surface area contributed by atoms with Gasteiger partial charge in [-0.15, -0.1) is 0 Å². The van der Waals surface area contributed by atoms with E-state index >= 15 is 0 Å². The Kier molecular flexibility index (Phi) is 1.91. The van der Waals surface area contributed by atoms with Crippen LogP contribution in [-0.2, 0) is 0 Å². The maximum atomic E-state index is 6.20. The van der Waals surface area contributed by atoms with Crippen molar-refractivity contribution >= 4 is 44.3 Å². The molecule has 0 saturated heterocycles. The van der Waals surface area contributed by atoms with Crippen LogP contribution in [0.5, 0.6) is 0 Å². The summed E-state index contributed by atoms with van der Waals surface area (Å²) in [6.45, 7) is 0. The fourth-order valence-electron chi connectivity index (χ4n) is 2.35. The van der Waals surface area contributed by atoms with Gasteiger partial charge in [0.05, 0.1) is 0 Å². The molecule has 2 heterocycles. The number of benzene rings is 2. The smallest absolute Gasteiger partial charge is 0.138 e. The number of hydrogen-bond acceptors (Lipinski definition) is 2. The summed E-state index contributed by atoms with van der Waals surface area (Å²) in [5, 5.41) is 4.98. The lowest BCUT2D eigenvalue weighted by Gasteiger charge is -1.99. The van der Waals surface area contributed by atoms with Crippen molar-refractivity contribution in [2.45, 2.75) is 0 Å². The zero-order valence-corrected chi connectivity index (χ0v) is 10.1. The Labute approximate surface area is 108 Å². The van der Waals surface area contributed by atoms with Crippen LogP contribution in [0, 0.1) is 0 Å². The van der Waals surface area contributed by atoms with Crippen LogP contribution < -0.4 is 0 Å². The molecule has 18 heavy (non-hydrogen) atoms. The Morgan fingerprint density at radius 3 is 2.83 bits per heavy atom. The van der Waals surface area contributed by atoms with Crippen molar-refractivity contribution in [2.75, 3.05) is 0 Å². The Balaban J connectivity index is 2.27. The van der Waals surface area contributed by atoms with Crippen molar-refractivity contribution in [1.82, 2.24) is 4.98 Å². The molecule has 4 aromatic rings. The largest absolute Gasteiger partial charge is 0.456 e. The summed E-state index contributed by atoms with van der Waals surface area (Å²) in [5.74, 6) is 0. The van der Waals surface area contributed by atoms with E-state index in [0.29, 0.717) is 0 Å². The van der Waals surface area contributed by atoms with Crippen LogP contribution in [0.4, 0.5) is 0 Å². The number of fused-ring (bicyclic) bond motifs is 4. The molecular formula is C15H8ClNO. The highest BCUT2D eigenvalue weighted by molar-refractivity contribution is 6.36. The van der Waals surface area contributed by atoms with Gasteiger partial charge < -0.3 is 4.42 Å². The number of aromatic nitrogens is 1. The molecule has 86 valence electrons. The quantitative estimate of drug-likeness (QED) is 0.450. The van der Waals surface area contributed by atoms with Gasteiger partial charge in [0.1, 0.15) is 11.2 Å². The van der Waals surface area contributed by atoms with E-state index in [9.17, 15) is 0 Å². The number of halogens is 1. The van der Waals surface area contributed by atoms with Gasteiger partial charge in [-0.3, -0.25) is 4.98 Å². The lowest BCUT2D eigenvalue weighted by molar-refractivity contribution is 0.669. The van der Waals surface area contributed by atoms with Crippen LogP contribution in [0.25, 0.3) is 32.7 Å². The zero-order valence-electron chi connectivity index (χ0n) is 9.35. The van der Waals surface area contributed by atoms with Gasteiger partial charge in [0, 0.05) is 33.6 Å². The van der Waals surface area contributed by atoms with Gasteiger partial charge in [-0.2, -0.15) is 0 Å². The number of furan rings is 1. The Morgan fingerprint density at radius 1 is 0.944 bits per heavy atom. The van der Waals surface area contributed by atoms with Gasteiger partial charge in [0.25, 0.3) is 0 Å². The summed E-state index contributed by atoms with van der Waals surface area (Å²) in [7, 11) is 0. The van der Waals surface area contributed by atoms with Crippen molar-refractivity contribution in [3.63, 3.8) is 0 Å². The molecule has 0 aliphatic rings. The fraction of sp³-hybridized carbons (Fsp3) is 0. The van der Waals surface area contributed by atoms with Crippen LogP contribution >= 0.6 is 11.6 Å². The molecule has 0 aliphatic heterocycles. The molecule has 0 fully saturated rings. The van der Waals surface area contributed by atoms with E-state index in [0.717, 1.165) is 37.7 Å². The molecule has 0 aliphatic carbocycles. The van der Waals surface area contributed by atoms with E-state index in [-0.39, 0.29) is 0 Å². The molecule has 0 atom stereocenters. The lowest BCUT2D eigenvalue weighted by atomic mass is 10.1. The predicted octanol–water partition coefficient (Wildman–Crippen LogP) is 4.79. The van der Waals surface area contributed by atoms with E-state index in [4.69, 9.17) is 16.0 Å². The predicted molar refractivity (Wildman–Crippen MR) is 74.0 cm³/mol. The molecule has 0 unspecified atom stereocenters. The second-order valence-electron chi connectivity index (χ2n) is 4.28. The maximum absolute atomic E-state index is 6.20. The minimum absolute atomic E-state index is 0.744. The van der Waals surface area contributed by atoms with Crippen LogP contribution in [0.3, 0.4) is 0 Å². The first kappa shape index (κ1) is 9.92. The summed E-state index contributed by atoms with van der Waals surface area (Å²) >= 11 is 6.20. The van der Waals surface area contributed by atoms with Crippen LogP contribution in [0.2, 0.25) is 5.02 Å². The third kappa shape index (κ3) is 1.27. The van der Waals surface area contributed by atoms with Gasteiger partial charge >= 0.3 is 0 Å². The van der Waals surface area contributed by atoms with Gasteiger partial charge in [-0.1, -0.05) is 23.7 Å². The maximum Gasteiger partial charge on any atom is 0.138 e. The molecule has 4 rings (SSSR count). The highest BCUT2D eigenvalue weighted by Crippen LogP contribution is 2.33. The summed E-state index contributed by atoms with van der Waals surface area (Å²) < 4.78 is 5.82. The molecule has 0 radical (unpaired) electrons. The van der Waals surface area contributed by atoms with E-state index in [1.165, 1.54) is 0 Å². The van der Waals surface area contributed by atoms with Crippen molar-refractivity contribution < 1.29 is 4.42 Å². The molecule has 0 N–H and O–H groups in total. The summed E-state index contributed by atoms with van der Waals surface area (Å²) in [6.07, 6.45) is 3.56. The van der Waals surface area contributed by atoms with Crippen molar-refractivity contribution in [3.05, 3.63) is 53.8 Å². The average molecular weight is 254 g/mol. The van der Waals surface area contributed by atoms with Gasteiger partial charge in [-0.25, -0.2) is 0 Å². The third-order valence-corrected chi connectivity index (χ3v) is 3.55. The van der Waals surface area contributed by atoms with Crippen molar-refractivity contribution in [1.29, 1.82) is 0 Å². The second kappa shape index (κ2) is 3.47. The van der Waals surface area contributed by atoms with E-state index in [1.807, 2.05) is 30.5 Å². The summed E-state index contributed by atoms with van der Waals surface area (Å²) in [6, 6.07) is 11.9. The molecule has 2 aromatic heterocycles. The van der Waals surface area contributed by atoms with Crippen LogP contribution in [-0.4, -0.2) is 4.98 Å². The highest BCUT2D eigenvalue weighted by Gasteiger charge is 2.09. The lowest BCUT2D eigenvalue weighted by Crippen LogP contribution is -1.74. The third-order valence-electron chi connectivity index (χ3n) is 3.22. The van der Waals surface area contributed by atoms with E-state index in [2.05, 4.69) is 17.1 Å². The molecule has 3 heteroatoms. The molecule has 0 amide bonds. The van der Waals surface area contributed by atoms with Gasteiger partial charge in [-0.05, 0) is 29.7 Å². The highest BCUT2D eigenvalue weighted by atomic mass is 35.5. The minimum Gasteiger partial charge on any atom is -0.456 e. The van der Waals surface area contributed by atoms with Crippen molar-refractivity contribution in [2.24, 2.45) is 0 Å². The number of rotatable bonds is 0. The second-order valence-corrected chi connectivity index (χ2v) is 4.69. The van der Waals surface area contributed by atoms with Crippen LogP contribution in [0.1, 0.15) is 0 Å². The van der Waals surface area contributed by atoms with Crippen LogP contribution in [0.15, 0.2) is 53.2 Å². The first-order valence-corrected chi connectivity index (χ1v) is 6.05. The minimum atomic E-state index is 0.744. The Hall–Kier alpha value is -2.06. The molecular weight excluding hydrogens is 246 g/mol. The van der Waals surface area contributed by atoms with Gasteiger partial charge in [0.15, 0.2) is 0 Å². The Bertz CT molecular complexity index is 895. The normalized spacial score (nSPS) is 11.6. The molecule has 0 bridgehead atoms. The zero-order chi connectivity index (χ0) is 12.1. The average Bonchev–Trinajstić information content (AvgIpc) is 2.75. The number of hydrogen-bond donors (Lipinski definition) is 0.